The summed E-state index contributed by atoms with van der Waals surface area (Å²) in [5.41, 5.74) is -3.47. The predicted molar refractivity (Wildman–Crippen MR) is 107 cm³/mol. The van der Waals surface area contributed by atoms with E-state index in [1.54, 1.807) is 6.07 Å². The Bertz CT molecular complexity index is 978. The van der Waals surface area contributed by atoms with Crippen molar-refractivity contribution in [1.82, 2.24) is 0 Å². The molecule has 31 heavy (non-hydrogen) atoms. The van der Waals surface area contributed by atoms with Crippen LogP contribution in [0.1, 0.15) is 26.3 Å². The third-order valence-electron chi connectivity index (χ3n) is 5.90. The summed E-state index contributed by atoms with van der Waals surface area (Å²) in [6.07, 6.45) is -7.80. The number of phenolic OH excluding ortho intramolecular Hbond substituents is 1. The van der Waals surface area contributed by atoms with E-state index in [0.717, 1.165) is 0 Å². The van der Waals surface area contributed by atoms with Gasteiger partial charge in [-0.1, -0.05) is 0 Å². The lowest BCUT2D eigenvalue weighted by molar-refractivity contribution is -0.341. The SMILES string of the molecule is CC(C)(O)C(C)(Cc1c(O)ccc2ccc(=O)oc12)OC1OC(CO)C(O)C(O)C1O. The zero-order valence-electron chi connectivity index (χ0n) is 17.4. The minimum absolute atomic E-state index is 0.111. The molecule has 0 amide bonds. The zero-order valence-corrected chi connectivity index (χ0v) is 17.4. The number of rotatable bonds is 6. The molecule has 3 rings (SSSR count). The van der Waals surface area contributed by atoms with Crippen LogP contribution in [0.15, 0.2) is 33.5 Å². The van der Waals surface area contributed by atoms with Crippen LogP contribution >= 0.6 is 0 Å². The number of aliphatic hydroxyl groups is 5. The fraction of sp³-hybridized carbons (Fsp3) is 0.571. The Kier molecular flexibility index (Phi) is 6.45. The highest BCUT2D eigenvalue weighted by Crippen LogP contribution is 2.38. The molecular formula is C21H28O10. The maximum Gasteiger partial charge on any atom is 0.336 e. The van der Waals surface area contributed by atoms with Gasteiger partial charge >= 0.3 is 5.63 Å². The Balaban J connectivity index is 2.01. The third-order valence-corrected chi connectivity index (χ3v) is 5.90. The van der Waals surface area contributed by atoms with E-state index >= 15 is 0 Å². The summed E-state index contributed by atoms with van der Waals surface area (Å²) in [7, 11) is 0. The molecule has 1 aliphatic rings. The number of aromatic hydroxyl groups is 1. The Hall–Kier alpha value is -2.05. The molecule has 2 aromatic rings. The van der Waals surface area contributed by atoms with Crippen LogP contribution in [0.3, 0.4) is 0 Å². The average Bonchev–Trinajstić information content (AvgIpc) is 2.70. The maximum absolute atomic E-state index is 11.7. The minimum atomic E-state index is -1.68. The van der Waals surface area contributed by atoms with Gasteiger partial charge in [-0.15, -0.1) is 0 Å². The van der Waals surface area contributed by atoms with Gasteiger partial charge in [-0.25, -0.2) is 4.79 Å². The molecule has 10 nitrogen and oxygen atoms in total. The Morgan fingerprint density at radius 2 is 1.68 bits per heavy atom. The van der Waals surface area contributed by atoms with Crippen LogP contribution in [0.4, 0.5) is 0 Å². The molecule has 1 aromatic carbocycles. The van der Waals surface area contributed by atoms with Crippen molar-refractivity contribution in [1.29, 1.82) is 0 Å². The van der Waals surface area contributed by atoms with E-state index in [2.05, 4.69) is 0 Å². The first-order chi connectivity index (χ1) is 14.4. The Morgan fingerprint density at radius 3 is 2.29 bits per heavy atom. The predicted octanol–water partition coefficient (Wildman–Crippen LogP) is -0.613. The number of ether oxygens (including phenoxy) is 2. The lowest BCUT2D eigenvalue weighted by Crippen LogP contribution is -2.63. The van der Waals surface area contributed by atoms with Gasteiger partial charge in [-0.3, -0.25) is 0 Å². The summed E-state index contributed by atoms with van der Waals surface area (Å²) in [6.45, 7) is 3.73. The number of benzene rings is 1. The van der Waals surface area contributed by atoms with Gasteiger partial charge in [0.25, 0.3) is 0 Å². The van der Waals surface area contributed by atoms with Gasteiger partial charge in [0, 0.05) is 23.4 Å². The molecule has 1 fully saturated rings. The summed E-state index contributed by atoms with van der Waals surface area (Å²) >= 11 is 0. The van der Waals surface area contributed by atoms with Gasteiger partial charge in [0.1, 0.15) is 41.3 Å². The molecule has 0 spiro atoms. The number of hydrogen-bond donors (Lipinski definition) is 6. The minimum Gasteiger partial charge on any atom is -0.508 e. The van der Waals surface area contributed by atoms with Crippen molar-refractivity contribution >= 4 is 11.0 Å². The van der Waals surface area contributed by atoms with Crippen molar-refractivity contribution in [2.75, 3.05) is 6.61 Å². The molecule has 0 bridgehead atoms. The first kappa shape index (κ1) is 23.6. The highest BCUT2D eigenvalue weighted by atomic mass is 16.7. The lowest BCUT2D eigenvalue weighted by Gasteiger charge is -2.47. The fourth-order valence-electron chi connectivity index (χ4n) is 3.51. The smallest absolute Gasteiger partial charge is 0.336 e. The van der Waals surface area contributed by atoms with E-state index in [-0.39, 0.29) is 23.3 Å². The summed E-state index contributed by atoms with van der Waals surface area (Å²) < 4.78 is 16.6. The van der Waals surface area contributed by atoms with Gasteiger partial charge < -0.3 is 44.5 Å². The maximum atomic E-state index is 11.7. The van der Waals surface area contributed by atoms with Crippen molar-refractivity contribution in [3.05, 3.63) is 40.2 Å². The van der Waals surface area contributed by atoms with E-state index in [0.29, 0.717) is 5.39 Å². The van der Waals surface area contributed by atoms with E-state index in [1.165, 1.54) is 39.0 Å². The molecule has 172 valence electrons. The molecule has 2 heterocycles. The summed E-state index contributed by atoms with van der Waals surface area (Å²) in [5.74, 6) is -0.199. The van der Waals surface area contributed by atoms with Crippen molar-refractivity contribution < 1.29 is 44.5 Å². The highest BCUT2D eigenvalue weighted by Gasteiger charge is 2.50. The van der Waals surface area contributed by atoms with Crippen LogP contribution in [-0.4, -0.2) is 79.2 Å². The Morgan fingerprint density at radius 1 is 1.03 bits per heavy atom. The molecule has 6 atom stereocenters. The second kappa shape index (κ2) is 8.47. The first-order valence-electron chi connectivity index (χ1n) is 9.83. The van der Waals surface area contributed by atoms with Crippen LogP contribution in [0, 0.1) is 0 Å². The molecule has 1 aromatic heterocycles. The van der Waals surface area contributed by atoms with E-state index in [1.807, 2.05) is 0 Å². The first-order valence-corrected chi connectivity index (χ1v) is 9.83. The monoisotopic (exact) mass is 440 g/mol. The van der Waals surface area contributed by atoms with Crippen molar-refractivity contribution in [2.45, 2.75) is 69.1 Å². The van der Waals surface area contributed by atoms with Crippen LogP contribution < -0.4 is 5.63 Å². The van der Waals surface area contributed by atoms with Crippen LogP contribution in [0.25, 0.3) is 11.0 Å². The molecule has 10 heteroatoms. The summed E-state index contributed by atoms with van der Waals surface area (Å²) in [6, 6.07) is 5.75. The van der Waals surface area contributed by atoms with Gasteiger partial charge in [0.05, 0.1) is 12.2 Å². The largest absolute Gasteiger partial charge is 0.508 e. The molecule has 1 saturated heterocycles. The quantitative estimate of drug-likeness (QED) is 0.318. The van der Waals surface area contributed by atoms with Gasteiger partial charge in [-0.2, -0.15) is 0 Å². The molecule has 0 radical (unpaired) electrons. The third kappa shape index (κ3) is 4.46. The van der Waals surface area contributed by atoms with E-state index < -0.39 is 54.1 Å². The second-order valence-electron chi connectivity index (χ2n) is 8.52. The molecule has 0 aliphatic carbocycles. The Labute approximate surface area is 177 Å². The van der Waals surface area contributed by atoms with E-state index in [9.17, 15) is 35.4 Å². The van der Waals surface area contributed by atoms with Gasteiger partial charge in [0.15, 0.2) is 6.29 Å². The average molecular weight is 440 g/mol. The van der Waals surface area contributed by atoms with Crippen molar-refractivity contribution in [2.24, 2.45) is 0 Å². The van der Waals surface area contributed by atoms with Crippen LogP contribution in [-0.2, 0) is 15.9 Å². The van der Waals surface area contributed by atoms with Crippen molar-refractivity contribution in [3.63, 3.8) is 0 Å². The van der Waals surface area contributed by atoms with E-state index in [4.69, 9.17) is 13.9 Å². The molecule has 6 unspecified atom stereocenters. The fourth-order valence-corrected chi connectivity index (χ4v) is 3.51. The number of phenols is 1. The normalized spacial score (nSPS) is 29.1. The van der Waals surface area contributed by atoms with Crippen molar-refractivity contribution in [3.8, 4) is 5.75 Å². The number of aliphatic hydroxyl groups excluding tert-OH is 4. The molecule has 1 aliphatic heterocycles. The lowest BCUT2D eigenvalue weighted by atomic mass is 9.81. The topological polar surface area (TPSA) is 170 Å². The highest BCUT2D eigenvalue weighted by molar-refractivity contribution is 5.82. The molecule has 0 saturated carbocycles. The molecule has 6 N–H and O–H groups in total. The standard InChI is InChI=1S/C21H28O10/c1-20(2,28)21(3,31-19-17(27)16(26)15(25)13(9-22)29-19)8-11-12(23)6-4-10-5-7-14(24)30-18(10)11/h4-7,13,15-17,19,22-23,25-28H,8-9H2,1-3H3. The van der Waals surface area contributed by atoms with Crippen LogP contribution in [0.2, 0.25) is 0 Å². The molecular weight excluding hydrogens is 412 g/mol. The summed E-state index contributed by atoms with van der Waals surface area (Å²) in [4.78, 5) is 11.7. The zero-order chi connectivity index (χ0) is 23.1. The van der Waals surface area contributed by atoms with Crippen LogP contribution in [0.5, 0.6) is 5.75 Å². The number of fused-ring (bicyclic) bond motifs is 1. The van der Waals surface area contributed by atoms with Gasteiger partial charge in [0.2, 0.25) is 0 Å². The second-order valence-corrected chi connectivity index (χ2v) is 8.52. The number of hydrogen-bond acceptors (Lipinski definition) is 10. The van der Waals surface area contributed by atoms with Gasteiger partial charge in [-0.05, 0) is 39.0 Å². The summed E-state index contributed by atoms with van der Waals surface area (Å²) in [5, 5.41) is 61.6.